The summed E-state index contributed by atoms with van der Waals surface area (Å²) >= 11 is 0. The highest BCUT2D eigenvalue weighted by molar-refractivity contribution is 6.06. The molecule has 0 aliphatic heterocycles. The van der Waals surface area contributed by atoms with Crippen molar-refractivity contribution in [2.45, 2.75) is 0 Å². The second-order valence-corrected chi connectivity index (χ2v) is 5.40. The summed E-state index contributed by atoms with van der Waals surface area (Å²) in [7, 11) is 1.61. The molecule has 2 aromatic heterocycles. The van der Waals surface area contributed by atoms with E-state index in [2.05, 4.69) is 25.8 Å². The van der Waals surface area contributed by atoms with Crippen LogP contribution in [0.3, 0.4) is 0 Å². The van der Waals surface area contributed by atoms with Gasteiger partial charge in [0.2, 0.25) is 0 Å². The Balaban J connectivity index is 1.59. The molecule has 124 valence electrons. The van der Waals surface area contributed by atoms with Gasteiger partial charge in [-0.3, -0.25) is 4.79 Å². The minimum absolute atomic E-state index is 0.232. The molecule has 0 aliphatic carbocycles. The van der Waals surface area contributed by atoms with Crippen LogP contribution in [0, 0.1) is 0 Å². The molecule has 4 aromatic rings. The summed E-state index contributed by atoms with van der Waals surface area (Å²) in [6.45, 7) is 0. The lowest BCUT2D eigenvalue weighted by atomic mass is 10.2. The van der Waals surface area contributed by atoms with E-state index in [1.165, 1.54) is 11.0 Å². The SMILES string of the molecule is COc1ccc2cc(C(=O)Nc3cccc(-n4cnnn4)c3)[nH]c2c1. The van der Waals surface area contributed by atoms with Gasteiger partial charge >= 0.3 is 0 Å². The number of aromatic amines is 1. The number of hydrogen-bond acceptors (Lipinski definition) is 5. The summed E-state index contributed by atoms with van der Waals surface area (Å²) in [4.78, 5) is 15.6. The van der Waals surface area contributed by atoms with Crippen molar-refractivity contribution in [3.8, 4) is 11.4 Å². The lowest BCUT2D eigenvalue weighted by molar-refractivity contribution is 0.102. The van der Waals surface area contributed by atoms with E-state index in [9.17, 15) is 4.79 Å². The summed E-state index contributed by atoms with van der Waals surface area (Å²) in [5.74, 6) is 0.500. The molecule has 1 amide bonds. The Morgan fingerprint density at radius 1 is 1.20 bits per heavy atom. The smallest absolute Gasteiger partial charge is 0.272 e. The number of methoxy groups -OCH3 is 1. The summed E-state index contributed by atoms with van der Waals surface area (Å²) in [5, 5.41) is 14.8. The number of carbonyl (C=O) groups is 1. The van der Waals surface area contributed by atoms with E-state index >= 15 is 0 Å². The molecule has 0 atom stereocenters. The fourth-order valence-electron chi connectivity index (χ4n) is 2.56. The molecule has 0 radical (unpaired) electrons. The van der Waals surface area contributed by atoms with Gasteiger partial charge in [0.05, 0.1) is 12.8 Å². The van der Waals surface area contributed by atoms with Crippen LogP contribution in [-0.2, 0) is 0 Å². The predicted molar refractivity (Wildman–Crippen MR) is 92.0 cm³/mol. The van der Waals surface area contributed by atoms with Crippen LogP contribution in [0.25, 0.3) is 16.6 Å². The van der Waals surface area contributed by atoms with Gasteiger partial charge in [-0.2, -0.15) is 0 Å². The largest absolute Gasteiger partial charge is 0.497 e. The zero-order valence-electron chi connectivity index (χ0n) is 13.3. The molecule has 2 aromatic carbocycles. The van der Waals surface area contributed by atoms with Crippen molar-refractivity contribution in [3.63, 3.8) is 0 Å². The average Bonchev–Trinajstić information content (AvgIpc) is 3.31. The average molecular weight is 334 g/mol. The van der Waals surface area contributed by atoms with Crippen molar-refractivity contribution in [3.05, 3.63) is 60.6 Å². The molecule has 0 saturated heterocycles. The van der Waals surface area contributed by atoms with Gasteiger partial charge < -0.3 is 15.0 Å². The van der Waals surface area contributed by atoms with Crippen molar-refractivity contribution in [2.75, 3.05) is 12.4 Å². The number of hydrogen-bond donors (Lipinski definition) is 2. The minimum Gasteiger partial charge on any atom is -0.497 e. The van der Waals surface area contributed by atoms with E-state index in [0.29, 0.717) is 11.4 Å². The first-order valence-corrected chi connectivity index (χ1v) is 7.54. The lowest BCUT2D eigenvalue weighted by Crippen LogP contribution is -2.12. The summed E-state index contributed by atoms with van der Waals surface area (Å²) < 4.78 is 6.72. The van der Waals surface area contributed by atoms with Crippen LogP contribution in [0.5, 0.6) is 5.75 Å². The third-order valence-corrected chi connectivity index (χ3v) is 3.79. The molecule has 0 bridgehead atoms. The molecule has 0 aliphatic rings. The zero-order chi connectivity index (χ0) is 17.2. The number of nitrogens with one attached hydrogen (secondary N) is 2. The second kappa shape index (κ2) is 6.08. The number of H-pyrrole nitrogens is 1. The maximum Gasteiger partial charge on any atom is 0.272 e. The number of tetrazole rings is 1. The van der Waals surface area contributed by atoms with Gasteiger partial charge in [-0.15, -0.1) is 5.10 Å². The molecule has 0 saturated carbocycles. The number of carbonyl (C=O) groups excluding carboxylic acids is 1. The van der Waals surface area contributed by atoms with Gasteiger partial charge in [0, 0.05) is 22.7 Å². The fraction of sp³-hybridized carbons (Fsp3) is 0.0588. The molecule has 0 spiro atoms. The van der Waals surface area contributed by atoms with Gasteiger partial charge in [0.25, 0.3) is 5.91 Å². The first-order chi connectivity index (χ1) is 12.2. The number of ether oxygens (including phenoxy) is 1. The van der Waals surface area contributed by atoms with Crippen LogP contribution >= 0.6 is 0 Å². The van der Waals surface area contributed by atoms with E-state index in [-0.39, 0.29) is 5.91 Å². The van der Waals surface area contributed by atoms with Crippen molar-refractivity contribution in [1.29, 1.82) is 0 Å². The Labute approximate surface area is 142 Å². The van der Waals surface area contributed by atoms with Gasteiger partial charge in [-0.25, -0.2) is 4.68 Å². The Kier molecular flexibility index (Phi) is 3.62. The zero-order valence-corrected chi connectivity index (χ0v) is 13.3. The molecular formula is C17H14N6O2. The third-order valence-electron chi connectivity index (χ3n) is 3.79. The molecule has 0 fully saturated rings. The van der Waals surface area contributed by atoms with Crippen LogP contribution < -0.4 is 10.1 Å². The maximum atomic E-state index is 12.5. The monoisotopic (exact) mass is 334 g/mol. The number of rotatable bonds is 4. The fourth-order valence-corrected chi connectivity index (χ4v) is 2.56. The Morgan fingerprint density at radius 2 is 2.12 bits per heavy atom. The van der Waals surface area contributed by atoms with Gasteiger partial charge in [0.15, 0.2) is 0 Å². The normalized spacial score (nSPS) is 10.8. The predicted octanol–water partition coefficient (Wildman–Crippen LogP) is 2.40. The molecule has 8 heteroatoms. The maximum absolute atomic E-state index is 12.5. The van der Waals surface area contributed by atoms with E-state index in [0.717, 1.165) is 22.3 Å². The summed E-state index contributed by atoms with van der Waals surface area (Å²) in [6, 6.07) is 14.7. The first kappa shape index (κ1) is 14.9. The molecule has 8 nitrogen and oxygen atoms in total. The van der Waals surface area contributed by atoms with E-state index in [1.54, 1.807) is 25.3 Å². The number of fused-ring (bicyclic) bond motifs is 1. The molecule has 4 rings (SSSR count). The summed E-state index contributed by atoms with van der Waals surface area (Å²) in [6.07, 6.45) is 1.49. The second-order valence-electron chi connectivity index (χ2n) is 5.40. The molecular weight excluding hydrogens is 320 g/mol. The van der Waals surface area contributed by atoms with Gasteiger partial charge in [-0.05, 0) is 46.8 Å². The van der Waals surface area contributed by atoms with Crippen LogP contribution in [0.2, 0.25) is 0 Å². The summed E-state index contributed by atoms with van der Waals surface area (Å²) in [5.41, 5.74) is 2.71. The minimum atomic E-state index is -0.232. The quantitative estimate of drug-likeness (QED) is 0.597. The van der Waals surface area contributed by atoms with Crippen LogP contribution in [0.15, 0.2) is 54.9 Å². The highest BCUT2D eigenvalue weighted by Crippen LogP contribution is 2.22. The molecule has 2 heterocycles. The van der Waals surface area contributed by atoms with Crippen LogP contribution in [0.1, 0.15) is 10.5 Å². The van der Waals surface area contributed by atoms with Crippen molar-refractivity contribution >= 4 is 22.5 Å². The first-order valence-electron chi connectivity index (χ1n) is 7.54. The van der Waals surface area contributed by atoms with E-state index < -0.39 is 0 Å². The Morgan fingerprint density at radius 3 is 2.92 bits per heavy atom. The third kappa shape index (κ3) is 2.92. The van der Waals surface area contributed by atoms with Crippen LogP contribution in [0.4, 0.5) is 5.69 Å². The molecule has 2 N–H and O–H groups in total. The molecule has 0 unspecified atom stereocenters. The number of anilines is 1. The number of nitrogens with zero attached hydrogens (tertiary/aromatic N) is 4. The van der Waals surface area contributed by atoms with Crippen molar-refractivity contribution in [2.24, 2.45) is 0 Å². The lowest BCUT2D eigenvalue weighted by Gasteiger charge is -2.06. The Bertz CT molecular complexity index is 1040. The van der Waals surface area contributed by atoms with Crippen molar-refractivity contribution < 1.29 is 9.53 Å². The van der Waals surface area contributed by atoms with Gasteiger partial charge in [-0.1, -0.05) is 6.07 Å². The molecule has 25 heavy (non-hydrogen) atoms. The standard InChI is InChI=1S/C17H14N6O2/c1-25-14-6-5-11-7-16(20-15(11)9-14)17(24)19-12-3-2-4-13(8-12)23-10-18-21-22-23/h2-10,20H,1H3,(H,19,24). The van der Waals surface area contributed by atoms with Crippen LogP contribution in [-0.4, -0.2) is 38.2 Å². The topological polar surface area (TPSA) is 97.7 Å². The van der Waals surface area contributed by atoms with E-state index in [4.69, 9.17) is 4.74 Å². The van der Waals surface area contributed by atoms with Gasteiger partial charge in [0.1, 0.15) is 17.8 Å². The van der Waals surface area contributed by atoms with Crippen molar-refractivity contribution in [1.82, 2.24) is 25.2 Å². The number of amides is 1. The highest BCUT2D eigenvalue weighted by Gasteiger charge is 2.11. The van der Waals surface area contributed by atoms with E-state index in [1.807, 2.05) is 30.3 Å². The number of benzene rings is 2. The highest BCUT2D eigenvalue weighted by atomic mass is 16.5. The number of aromatic nitrogens is 5. The Hall–Kier alpha value is -3.68.